The summed E-state index contributed by atoms with van der Waals surface area (Å²) in [6, 6.07) is 9.42. The van der Waals surface area contributed by atoms with Gasteiger partial charge in [-0.25, -0.2) is 4.79 Å². The molecule has 0 heterocycles. The SMILES string of the molecule is CC1CCCCC1(CC(=O)O)NC(=O)OCc1ccccc1. The van der Waals surface area contributed by atoms with Crippen LogP contribution in [0.1, 0.15) is 44.6 Å². The lowest BCUT2D eigenvalue weighted by molar-refractivity contribution is -0.139. The van der Waals surface area contributed by atoms with Gasteiger partial charge in [0.15, 0.2) is 0 Å². The van der Waals surface area contributed by atoms with Crippen LogP contribution >= 0.6 is 0 Å². The zero-order valence-electron chi connectivity index (χ0n) is 12.9. The number of nitrogens with one attached hydrogen (secondary N) is 1. The van der Waals surface area contributed by atoms with Gasteiger partial charge < -0.3 is 15.2 Å². The van der Waals surface area contributed by atoms with E-state index in [0.717, 1.165) is 24.8 Å². The van der Waals surface area contributed by atoms with Crippen LogP contribution in [0.2, 0.25) is 0 Å². The van der Waals surface area contributed by atoms with Gasteiger partial charge in [-0.15, -0.1) is 0 Å². The third-order valence-corrected chi connectivity index (χ3v) is 4.48. The molecule has 5 heteroatoms. The quantitative estimate of drug-likeness (QED) is 0.875. The van der Waals surface area contributed by atoms with Crippen LogP contribution in [0.3, 0.4) is 0 Å². The summed E-state index contributed by atoms with van der Waals surface area (Å²) in [4.78, 5) is 23.3. The topological polar surface area (TPSA) is 75.6 Å². The van der Waals surface area contributed by atoms with Crippen molar-refractivity contribution < 1.29 is 19.4 Å². The Morgan fingerprint density at radius 3 is 2.68 bits per heavy atom. The lowest BCUT2D eigenvalue weighted by Gasteiger charge is -2.42. The summed E-state index contributed by atoms with van der Waals surface area (Å²) in [6.45, 7) is 2.18. The van der Waals surface area contributed by atoms with Crippen molar-refractivity contribution in [3.05, 3.63) is 35.9 Å². The van der Waals surface area contributed by atoms with Crippen molar-refractivity contribution in [1.29, 1.82) is 0 Å². The van der Waals surface area contributed by atoms with E-state index >= 15 is 0 Å². The van der Waals surface area contributed by atoms with E-state index in [9.17, 15) is 14.7 Å². The molecule has 0 aliphatic heterocycles. The van der Waals surface area contributed by atoms with Crippen LogP contribution in [-0.4, -0.2) is 22.7 Å². The molecule has 0 bridgehead atoms. The molecule has 2 unspecified atom stereocenters. The largest absolute Gasteiger partial charge is 0.481 e. The second-order valence-electron chi connectivity index (χ2n) is 6.06. The molecule has 0 aromatic heterocycles. The molecule has 2 rings (SSSR count). The fourth-order valence-electron chi connectivity index (χ4n) is 3.14. The Morgan fingerprint density at radius 1 is 1.32 bits per heavy atom. The van der Waals surface area contributed by atoms with Crippen LogP contribution in [0.25, 0.3) is 0 Å². The number of carbonyl (C=O) groups is 2. The van der Waals surface area contributed by atoms with E-state index in [1.165, 1.54) is 0 Å². The maximum Gasteiger partial charge on any atom is 0.407 e. The fourth-order valence-corrected chi connectivity index (χ4v) is 3.14. The number of carbonyl (C=O) groups excluding carboxylic acids is 1. The highest BCUT2D eigenvalue weighted by Gasteiger charge is 2.41. The zero-order valence-corrected chi connectivity index (χ0v) is 12.9. The highest BCUT2D eigenvalue weighted by Crippen LogP contribution is 2.36. The summed E-state index contributed by atoms with van der Waals surface area (Å²) in [5.41, 5.74) is 0.208. The molecule has 120 valence electrons. The molecular weight excluding hydrogens is 282 g/mol. The highest BCUT2D eigenvalue weighted by molar-refractivity contribution is 5.73. The molecule has 0 radical (unpaired) electrons. The minimum atomic E-state index is -0.892. The average molecular weight is 305 g/mol. The summed E-state index contributed by atoms with van der Waals surface area (Å²) in [5.74, 6) is -0.765. The van der Waals surface area contributed by atoms with Crippen molar-refractivity contribution in [2.75, 3.05) is 0 Å². The van der Waals surface area contributed by atoms with Crippen LogP contribution in [0, 0.1) is 5.92 Å². The molecule has 2 N–H and O–H groups in total. The van der Waals surface area contributed by atoms with E-state index in [2.05, 4.69) is 5.32 Å². The maximum absolute atomic E-state index is 12.1. The molecule has 1 aromatic carbocycles. The zero-order chi connectivity index (χ0) is 16.0. The number of benzene rings is 1. The minimum Gasteiger partial charge on any atom is -0.481 e. The van der Waals surface area contributed by atoms with Gasteiger partial charge in [-0.1, -0.05) is 50.1 Å². The number of hydrogen-bond acceptors (Lipinski definition) is 3. The molecule has 1 aromatic rings. The Morgan fingerprint density at radius 2 is 2.05 bits per heavy atom. The third kappa shape index (κ3) is 4.23. The molecule has 1 aliphatic rings. The van der Waals surface area contributed by atoms with E-state index < -0.39 is 17.6 Å². The van der Waals surface area contributed by atoms with E-state index in [1.54, 1.807) is 0 Å². The van der Waals surface area contributed by atoms with Crippen LogP contribution in [-0.2, 0) is 16.1 Å². The first-order valence-corrected chi connectivity index (χ1v) is 7.72. The van der Waals surface area contributed by atoms with Crippen molar-refractivity contribution in [3.8, 4) is 0 Å². The van der Waals surface area contributed by atoms with Gasteiger partial charge in [0, 0.05) is 0 Å². The Hall–Kier alpha value is -2.04. The van der Waals surface area contributed by atoms with E-state index in [0.29, 0.717) is 6.42 Å². The second kappa shape index (κ2) is 7.29. The number of hydrogen-bond donors (Lipinski definition) is 2. The molecule has 0 spiro atoms. The van der Waals surface area contributed by atoms with Crippen molar-refractivity contribution in [3.63, 3.8) is 0 Å². The number of aliphatic carboxylic acids is 1. The lowest BCUT2D eigenvalue weighted by atomic mass is 9.72. The predicted molar refractivity (Wildman–Crippen MR) is 82.4 cm³/mol. The van der Waals surface area contributed by atoms with Gasteiger partial charge in [0.05, 0.1) is 12.0 Å². The summed E-state index contributed by atoms with van der Waals surface area (Å²) in [6.07, 6.45) is 3.00. The smallest absolute Gasteiger partial charge is 0.407 e. The summed E-state index contributed by atoms with van der Waals surface area (Å²) < 4.78 is 5.24. The summed E-state index contributed by atoms with van der Waals surface area (Å²) in [5, 5.41) is 12.0. The Labute approximate surface area is 130 Å². The van der Waals surface area contributed by atoms with Crippen LogP contribution in [0.4, 0.5) is 4.79 Å². The molecule has 1 fully saturated rings. The van der Waals surface area contributed by atoms with Crippen molar-refractivity contribution >= 4 is 12.1 Å². The van der Waals surface area contributed by atoms with E-state index in [1.807, 2.05) is 37.3 Å². The summed E-state index contributed by atoms with van der Waals surface area (Å²) >= 11 is 0. The molecular formula is C17H23NO4. The number of ether oxygens (including phenoxy) is 1. The molecule has 22 heavy (non-hydrogen) atoms. The molecule has 1 saturated carbocycles. The van der Waals surface area contributed by atoms with E-state index in [4.69, 9.17) is 4.74 Å². The number of alkyl carbamates (subject to hydrolysis) is 1. The minimum absolute atomic E-state index is 0.0609. The van der Waals surface area contributed by atoms with Crippen LogP contribution in [0.15, 0.2) is 30.3 Å². The standard InChI is InChI=1S/C17H23NO4/c1-13-7-5-6-10-17(13,11-15(19)20)18-16(21)22-12-14-8-3-2-4-9-14/h2-4,8-9,13H,5-7,10-12H2,1H3,(H,18,21)(H,19,20). The predicted octanol–water partition coefficient (Wildman–Crippen LogP) is 3.34. The first-order chi connectivity index (χ1) is 10.5. The summed E-state index contributed by atoms with van der Waals surface area (Å²) in [7, 11) is 0. The van der Waals surface area contributed by atoms with Gasteiger partial charge >= 0.3 is 12.1 Å². The van der Waals surface area contributed by atoms with Gasteiger partial charge in [0.25, 0.3) is 0 Å². The number of carboxylic acid groups (broad SMARTS) is 1. The molecule has 5 nitrogen and oxygen atoms in total. The Kier molecular flexibility index (Phi) is 5.41. The lowest BCUT2D eigenvalue weighted by Crippen LogP contribution is -2.55. The average Bonchev–Trinajstić information content (AvgIpc) is 2.49. The molecule has 1 amide bonds. The Bertz CT molecular complexity index is 517. The maximum atomic E-state index is 12.1. The van der Waals surface area contributed by atoms with E-state index in [-0.39, 0.29) is 18.9 Å². The molecule has 1 aliphatic carbocycles. The molecule has 0 saturated heterocycles. The first kappa shape index (κ1) is 16.3. The van der Waals surface area contributed by atoms with Crippen LogP contribution < -0.4 is 5.32 Å². The number of rotatable bonds is 5. The second-order valence-corrected chi connectivity index (χ2v) is 6.06. The van der Waals surface area contributed by atoms with Gasteiger partial charge in [-0.3, -0.25) is 4.79 Å². The Balaban J connectivity index is 1.97. The highest BCUT2D eigenvalue weighted by atomic mass is 16.5. The van der Waals surface area contributed by atoms with Crippen molar-refractivity contribution in [2.24, 2.45) is 5.92 Å². The van der Waals surface area contributed by atoms with Gasteiger partial charge in [-0.05, 0) is 24.3 Å². The van der Waals surface area contributed by atoms with Crippen molar-refractivity contribution in [2.45, 2.75) is 51.2 Å². The number of carboxylic acids is 1. The van der Waals surface area contributed by atoms with Gasteiger partial charge in [0.1, 0.15) is 6.61 Å². The number of amides is 1. The van der Waals surface area contributed by atoms with Gasteiger partial charge in [-0.2, -0.15) is 0 Å². The fraction of sp³-hybridized carbons (Fsp3) is 0.529. The molecule has 2 atom stereocenters. The van der Waals surface area contributed by atoms with Crippen molar-refractivity contribution in [1.82, 2.24) is 5.32 Å². The third-order valence-electron chi connectivity index (χ3n) is 4.48. The monoisotopic (exact) mass is 305 g/mol. The normalized spacial score (nSPS) is 24.5. The van der Waals surface area contributed by atoms with Crippen LogP contribution in [0.5, 0.6) is 0 Å². The van der Waals surface area contributed by atoms with Gasteiger partial charge in [0.2, 0.25) is 0 Å². The first-order valence-electron chi connectivity index (χ1n) is 7.72.